The summed E-state index contributed by atoms with van der Waals surface area (Å²) in [5.74, 6) is -1.37. The quantitative estimate of drug-likeness (QED) is 0.0636. The summed E-state index contributed by atoms with van der Waals surface area (Å²) in [6.45, 7) is 4.38. The van der Waals surface area contributed by atoms with Crippen molar-refractivity contribution in [2.24, 2.45) is 0 Å². The lowest BCUT2D eigenvalue weighted by atomic mass is 10.1. The maximum Gasteiger partial charge on any atom is 0.338 e. The number of carbonyl (C=O) groups is 4. The maximum atomic E-state index is 13.4. The second kappa shape index (κ2) is 16.6. The lowest BCUT2D eigenvalue weighted by Crippen LogP contribution is -2.30. The van der Waals surface area contributed by atoms with Gasteiger partial charge in [-0.15, -0.1) is 11.8 Å². The number of benzene rings is 4. The summed E-state index contributed by atoms with van der Waals surface area (Å²) in [6.07, 6.45) is 3.38. The molecule has 4 aromatic carbocycles. The monoisotopic (exact) mass is 621 g/mol. The number of aryl methyl sites for hydroxylation is 1. The van der Waals surface area contributed by atoms with Crippen LogP contribution in [0.5, 0.6) is 0 Å². The molecule has 0 saturated carbocycles. The van der Waals surface area contributed by atoms with Crippen molar-refractivity contribution in [3.05, 3.63) is 131 Å². The number of anilines is 2. The van der Waals surface area contributed by atoms with E-state index in [4.69, 9.17) is 4.74 Å². The van der Waals surface area contributed by atoms with Crippen molar-refractivity contribution in [3.8, 4) is 0 Å². The van der Waals surface area contributed by atoms with Gasteiger partial charge < -0.3 is 20.7 Å². The van der Waals surface area contributed by atoms with Crippen LogP contribution in [-0.4, -0.2) is 36.1 Å². The zero-order valence-electron chi connectivity index (χ0n) is 25.2. The van der Waals surface area contributed by atoms with Gasteiger partial charge in [0.25, 0.3) is 11.8 Å². The van der Waals surface area contributed by atoms with Gasteiger partial charge in [0.1, 0.15) is 5.70 Å². The van der Waals surface area contributed by atoms with Crippen LogP contribution in [-0.2, 0) is 14.3 Å². The zero-order chi connectivity index (χ0) is 32.0. The Morgan fingerprint density at radius 3 is 2.22 bits per heavy atom. The number of rotatable bonds is 13. The molecular weight excluding hydrogens is 586 g/mol. The van der Waals surface area contributed by atoms with E-state index in [0.717, 1.165) is 28.9 Å². The number of amides is 3. The number of unbranched alkanes of at least 4 members (excludes halogenated alkanes) is 1. The predicted octanol–water partition coefficient (Wildman–Crippen LogP) is 7.09. The van der Waals surface area contributed by atoms with Gasteiger partial charge in [-0.2, -0.15) is 0 Å². The third-order valence-electron chi connectivity index (χ3n) is 6.51. The van der Waals surface area contributed by atoms with Gasteiger partial charge in [0, 0.05) is 21.8 Å². The Morgan fingerprint density at radius 2 is 1.51 bits per heavy atom. The first-order chi connectivity index (χ1) is 21.8. The van der Waals surface area contributed by atoms with E-state index >= 15 is 0 Å². The molecule has 0 unspecified atom stereocenters. The first-order valence-corrected chi connectivity index (χ1v) is 15.6. The minimum absolute atomic E-state index is 0.0883. The molecule has 4 rings (SSSR count). The van der Waals surface area contributed by atoms with Crippen molar-refractivity contribution in [2.45, 2.75) is 31.6 Å². The van der Waals surface area contributed by atoms with Gasteiger partial charge in [-0.3, -0.25) is 14.4 Å². The molecule has 3 amide bonds. The molecule has 9 heteroatoms. The highest BCUT2D eigenvalue weighted by molar-refractivity contribution is 8.00. The molecule has 3 N–H and O–H groups in total. The highest BCUT2D eigenvalue weighted by Crippen LogP contribution is 2.23. The molecule has 0 radical (unpaired) electrons. The Labute approximate surface area is 267 Å². The molecule has 230 valence electrons. The molecule has 45 heavy (non-hydrogen) atoms. The second-order valence-corrected chi connectivity index (χ2v) is 11.2. The molecule has 0 spiro atoms. The van der Waals surface area contributed by atoms with Crippen LogP contribution in [0.1, 0.15) is 51.6 Å². The van der Waals surface area contributed by atoms with Crippen LogP contribution in [0, 0.1) is 6.92 Å². The summed E-state index contributed by atoms with van der Waals surface area (Å²) in [5, 5.41) is 8.42. The number of ether oxygens (including phenoxy) is 1. The van der Waals surface area contributed by atoms with E-state index in [9.17, 15) is 19.2 Å². The standard InChI is InChI=1S/C36H35N3O5S/c1-3-4-21-44-36(43)28-17-19-29(20-18-28)37-33(40)24-45-31-12-8-11-30(23-31)38-35(42)32(22-26-15-13-25(2)14-16-26)39-34(41)27-9-6-5-7-10-27/h5-20,22-23H,3-4,21,24H2,1-2H3,(H,37,40)(H,38,42)(H,39,41)/b32-22-. The van der Waals surface area contributed by atoms with Gasteiger partial charge in [-0.1, -0.05) is 67.4 Å². The highest BCUT2D eigenvalue weighted by atomic mass is 32.2. The SMILES string of the molecule is CCCCOC(=O)c1ccc(NC(=O)CSc2cccc(NC(=O)/C(=C/c3ccc(C)cc3)NC(=O)c3ccccc3)c2)cc1. The summed E-state index contributed by atoms with van der Waals surface area (Å²) < 4.78 is 5.21. The van der Waals surface area contributed by atoms with E-state index in [1.165, 1.54) is 11.8 Å². The van der Waals surface area contributed by atoms with Crippen LogP contribution in [0.2, 0.25) is 0 Å². The van der Waals surface area contributed by atoms with Crippen molar-refractivity contribution in [1.82, 2.24) is 5.32 Å². The van der Waals surface area contributed by atoms with E-state index in [0.29, 0.717) is 29.1 Å². The number of hydrogen-bond donors (Lipinski definition) is 3. The fourth-order valence-corrected chi connectivity index (χ4v) is 4.82. The Hall–Kier alpha value is -5.15. The smallest absolute Gasteiger partial charge is 0.338 e. The lowest BCUT2D eigenvalue weighted by molar-refractivity contribution is -0.114. The predicted molar refractivity (Wildman–Crippen MR) is 179 cm³/mol. The number of nitrogens with one attached hydrogen (secondary N) is 3. The summed E-state index contributed by atoms with van der Waals surface area (Å²) in [4.78, 5) is 51.7. The average Bonchev–Trinajstić information content (AvgIpc) is 3.05. The number of hydrogen-bond acceptors (Lipinski definition) is 6. The molecule has 8 nitrogen and oxygen atoms in total. The largest absolute Gasteiger partial charge is 0.462 e. The van der Waals surface area contributed by atoms with Gasteiger partial charge >= 0.3 is 5.97 Å². The molecule has 0 aromatic heterocycles. The first kappa shape index (κ1) is 32.8. The molecule has 0 aliphatic carbocycles. The molecule has 0 aliphatic heterocycles. The topological polar surface area (TPSA) is 114 Å². The molecule has 0 aliphatic rings. The number of thioether (sulfide) groups is 1. The lowest BCUT2D eigenvalue weighted by Gasteiger charge is -2.12. The highest BCUT2D eigenvalue weighted by Gasteiger charge is 2.16. The third-order valence-corrected chi connectivity index (χ3v) is 7.51. The van der Waals surface area contributed by atoms with Crippen LogP contribution >= 0.6 is 11.8 Å². The second-order valence-electron chi connectivity index (χ2n) is 10.2. The normalized spacial score (nSPS) is 10.9. The summed E-state index contributed by atoms with van der Waals surface area (Å²) in [6, 6.07) is 29.9. The Morgan fingerprint density at radius 1 is 0.778 bits per heavy atom. The molecular formula is C36H35N3O5S. The summed E-state index contributed by atoms with van der Waals surface area (Å²) in [7, 11) is 0. The van der Waals surface area contributed by atoms with Crippen molar-refractivity contribution in [1.29, 1.82) is 0 Å². The molecule has 0 bridgehead atoms. The number of carbonyl (C=O) groups excluding carboxylic acids is 4. The van der Waals surface area contributed by atoms with E-state index in [1.54, 1.807) is 72.8 Å². The zero-order valence-corrected chi connectivity index (χ0v) is 26.0. The molecule has 0 saturated heterocycles. The first-order valence-electron chi connectivity index (χ1n) is 14.6. The van der Waals surface area contributed by atoms with Gasteiger partial charge in [-0.05, 0) is 79.6 Å². The Balaban J connectivity index is 1.36. The van der Waals surface area contributed by atoms with Crippen molar-refractivity contribution in [3.63, 3.8) is 0 Å². The van der Waals surface area contributed by atoms with E-state index < -0.39 is 11.8 Å². The molecule has 0 fully saturated rings. The van der Waals surface area contributed by atoms with Gasteiger partial charge in [0.05, 0.1) is 17.9 Å². The molecule has 0 atom stereocenters. The maximum absolute atomic E-state index is 13.4. The van der Waals surface area contributed by atoms with Crippen molar-refractivity contribution >= 4 is 52.9 Å². The van der Waals surface area contributed by atoms with Crippen LogP contribution in [0.25, 0.3) is 6.08 Å². The Kier molecular flexibility index (Phi) is 12.1. The van der Waals surface area contributed by atoms with Crippen LogP contribution in [0.4, 0.5) is 11.4 Å². The fraction of sp³-hybridized carbons (Fsp3) is 0.167. The average molecular weight is 622 g/mol. The van der Waals surface area contributed by atoms with Crippen LogP contribution in [0.3, 0.4) is 0 Å². The van der Waals surface area contributed by atoms with Gasteiger partial charge in [-0.25, -0.2) is 4.79 Å². The molecule has 4 aromatic rings. The van der Waals surface area contributed by atoms with Crippen molar-refractivity contribution < 1.29 is 23.9 Å². The fourth-order valence-electron chi connectivity index (χ4n) is 4.06. The van der Waals surface area contributed by atoms with Crippen LogP contribution in [0.15, 0.2) is 114 Å². The van der Waals surface area contributed by atoms with Crippen molar-refractivity contribution in [2.75, 3.05) is 23.0 Å². The van der Waals surface area contributed by atoms with Gasteiger partial charge in [0.15, 0.2) is 0 Å². The number of esters is 1. The van der Waals surface area contributed by atoms with Gasteiger partial charge in [0.2, 0.25) is 5.91 Å². The molecule has 0 heterocycles. The minimum atomic E-state index is -0.488. The minimum Gasteiger partial charge on any atom is -0.462 e. The van der Waals surface area contributed by atoms with E-state index in [-0.39, 0.29) is 23.3 Å². The third kappa shape index (κ3) is 10.5. The van der Waals surface area contributed by atoms with E-state index in [2.05, 4.69) is 16.0 Å². The van der Waals surface area contributed by atoms with E-state index in [1.807, 2.05) is 50.2 Å². The Bertz CT molecular complexity index is 1650. The summed E-state index contributed by atoms with van der Waals surface area (Å²) in [5.41, 5.74) is 3.85. The van der Waals surface area contributed by atoms with Crippen LogP contribution < -0.4 is 16.0 Å². The summed E-state index contributed by atoms with van der Waals surface area (Å²) >= 11 is 1.31.